The van der Waals surface area contributed by atoms with Crippen molar-refractivity contribution < 1.29 is 0 Å². The Balaban J connectivity index is 0.00000157. The zero-order valence-corrected chi connectivity index (χ0v) is 14.6. The van der Waals surface area contributed by atoms with Crippen molar-refractivity contribution in [3.63, 3.8) is 0 Å². The van der Waals surface area contributed by atoms with Crippen LogP contribution in [-0.2, 0) is 0 Å². The molecular formula is C20H14AlN4. The summed E-state index contributed by atoms with van der Waals surface area (Å²) in [6, 6.07) is 16.4. The summed E-state index contributed by atoms with van der Waals surface area (Å²) in [5.41, 5.74) is 7.86. The highest BCUT2D eigenvalue weighted by Crippen LogP contribution is 2.16. The summed E-state index contributed by atoms with van der Waals surface area (Å²) < 4.78 is 0. The van der Waals surface area contributed by atoms with Crippen LogP contribution in [0.25, 0.3) is 46.4 Å². The maximum Gasteiger partial charge on any atom is 0.0658 e. The van der Waals surface area contributed by atoms with E-state index in [2.05, 4.69) is 44.2 Å². The van der Waals surface area contributed by atoms with E-state index in [9.17, 15) is 0 Å². The number of rotatable bonds is 0. The second-order valence-corrected chi connectivity index (χ2v) is 5.91. The van der Waals surface area contributed by atoms with Crippen molar-refractivity contribution in [3.8, 4) is 0 Å². The van der Waals surface area contributed by atoms with E-state index in [0.717, 1.165) is 44.8 Å². The lowest BCUT2D eigenvalue weighted by Gasteiger charge is -1.85. The van der Waals surface area contributed by atoms with Gasteiger partial charge in [0.15, 0.2) is 0 Å². The molecular weight excluding hydrogens is 323 g/mol. The number of aromatic amines is 2. The Kier molecular flexibility index (Phi) is 3.89. The Labute approximate surface area is 155 Å². The van der Waals surface area contributed by atoms with Crippen molar-refractivity contribution in [2.24, 2.45) is 0 Å². The summed E-state index contributed by atoms with van der Waals surface area (Å²) in [5, 5.41) is 0. The van der Waals surface area contributed by atoms with Crippen LogP contribution in [0.4, 0.5) is 0 Å². The average molecular weight is 337 g/mol. The van der Waals surface area contributed by atoms with Gasteiger partial charge in [-0.25, -0.2) is 9.97 Å². The first-order valence-corrected chi connectivity index (χ1v) is 7.85. The summed E-state index contributed by atoms with van der Waals surface area (Å²) in [5.74, 6) is 0. The molecule has 5 heterocycles. The number of hydrogen-bond acceptors (Lipinski definition) is 2. The summed E-state index contributed by atoms with van der Waals surface area (Å²) >= 11 is 0. The number of H-pyrrole nitrogens is 2. The van der Waals surface area contributed by atoms with E-state index in [4.69, 9.17) is 0 Å². The fourth-order valence-corrected chi connectivity index (χ4v) is 2.94. The van der Waals surface area contributed by atoms with Gasteiger partial charge in [-0.3, -0.25) is 0 Å². The lowest BCUT2D eigenvalue weighted by molar-refractivity contribution is 1.31. The normalized spacial score (nSPS) is 12.2. The molecule has 0 saturated heterocycles. The molecule has 8 bridgehead atoms. The van der Waals surface area contributed by atoms with Gasteiger partial charge in [0.05, 0.1) is 22.8 Å². The van der Waals surface area contributed by atoms with Crippen molar-refractivity contribution >= 4 is 63.7 Å². The van der Waals surface area contributed by atoms with Gasteiger partial charge in [-0.2, -0.15) is 0 Å². The minimum absolute atomic E-state index is 0. The van der Waals surface area contributed by atoms with Crippen LogP contribution in [0.1, 0.15) is 22.8 Å². The second kappa shape index (κ2) is 6.21. The Morgan fingerprint density at radius 2 is 0.760 bits per heavy atom. The van der Waals surface area contributed by atoms with Crippen LogP contribution in [0.15, 0.2) is 48.5 Å². The first-order valence-electron chi connectivity index (χ1n) is 7.85. The van der Waals surface area contributed by atoms with E-state index in [1.807, 2.05) is 48.6 Å². The molecule has 4 nitrogen and oxygen atoms in total. The van der Waals surface area contributed by atoms with Crippen LogP contribution in [0.5, 0.6) is 0 Å². The molecule has 117 valence electrons. The highest BCUT2D eigenvalue weighted by Gasteiger charge is 2.00. The van der Waals surface area contributed by atoms with E-state index in [-0.39, 0.29) is 17.4 Å². The van der Waals surface area contributed by atoms with Gasteiger partial charge in [0.1, 0.15) is 0 Å². The van der Waals surface area contributed by atoms with Crippen LogP contribution in [0.3, 0.4) is 0 Å². The van der Waals surface area contributed by atoms with Gasteiger partial charge in [0, 0.05) is 39.4 Å². The summed E-state index contributed by atoms with van der Waals surface area (Å²) in [7, 11) is 0. The van der Waals surface area contributed by atoms with Gasteiger partial charge < -0.3 is 9.97 Å². The highest BCUT2D eigenvalue weighted by atomic mass is 27.0. The third-order valence-corrected chi connectivity index (χ3v) is 4.04. The SMILES string of the molecule is C1=Cc2cc3ccc(cc4nc(cc5ccc(cc1n2)[nH]5)C=C4)[nH]3.[Al]. The van der Waals surface area contributed by atoms with E-state index in [1.54, 1.807) is 0 Å². The predicted molar refractivity (Wildman–Crippen MR) is 105 cm³/mol. The lowest BCUT2D eigenvalue weighted by Crippen LogP contribution is -1.75. The summed E-state index contributed by atoms with van der Waals surface area (Å²) in [4.78, 5) is 16.0. The molecule has 25 heavy (non-hydrogen) atoms. The topological polar surface area (TPSA) is 57.4 Å². The van der Waals surface area contributed by atoms with E-state index < -0.39 is 0 Å². The predicted octanol–water partition coefficient (Wildman–Crippen LogP) is 4.27. The molecule has 2 N–H and O–H groups in total. The number of nitrogens with one attached hydrogen (secondary N) is 2. The van der Waals surface area contributed by atoms with Crippen molar-refractivity contribution in [3.05, 3.63) is 71.3 Å². The third-order valence-electron chi connectivity index (χ3n) is 4.04. The molecule has 5 rings (SSSR count). The van der Waals surface area contributed by atoms with Crippen molar-refractivity contribution in [1.29, 1.82) is 0 Å². The molecule has 0 fully saturated rings. The van der Waals surface area contributed by atoms with Gasteiger partial charge in [-0.1, -0.05) is 0 Å². The van der Waals surface area contributed by atoms with E-state index in [0.29, 0.717) is 0 Å². The van der Waals surface area contributed by atoms with Crippen molar-refractivity contribution in [2.75, 3.05) is 0 Å². The Morgan fingerprint density at radius 3 is 1.04 bits per heavy atom. The molecule has 0 aromatic carbocycles. The fourth-order valence-electron chi connectivity index (χ4n) is 2.94. The molecule has 0 aliphatic carbocycles. The first-order chi connectivity index (χ1) is 11.8. The van der Waals surface area contributed by atoms with Gasteiger partial charge >= 0.3 is 0 Å². The maximum absolute atomic E-state index is 4.63. The van der Waals surface area contributed by atoms with Crippen molar-refractivity contribution in [1.82, 2.24) is 19.9 Å². The zero-order valence-electron chi connectivity index (χ0n) is 13.4. The largest absolute Gasteiger partial charge is 0.355 e. The van der Waals surface area contributed by atoms with Gasteiger partial charge in [0.25, 0.3) is 0 Å². The summed E-state index contributed by atoms with van der Waals surface area (Å²) in [6.07, 6.45) is 8.09. The third kappa shape index (κ3) is 3.20. The van der Waals surface area contributed by atoms with Crippen molar-refractivity contribution in [2.45, 2.75) is 0 Å². The molecule has 0 amide bonds. The molecule has 0 spiro atoms. The molecule has 3 radical (unpaired) electrons. The smallest absolute Gasteiger partial charge is 0.0658 e. The Bertz CT molecular complexity index is 990. The molecule has 2 aliphatic rings. The average Bonchev–Trinajstić information content (AvgIpc) is 3.32. The number of hydrogen-bond donors (Lipinski definition) is 2. The zero-order chi connectivity index (χ0) is 15.9. The molecule has 0 unspecified atom stereocenters. The van der Waals surface area contributed by atoms with Crippen LogP contribution in [-0.4, -0.2) is 37.3 Å². The molecule has 0 saturated carbocycles. The maximum atomic E-state index is 4.63. The molecule has 3 aromatic heterocycles. The minimum atomic E-state index is 0. The standard InChI is InChI=1S/C20H14N4.Al/c1-2-14-10-16-5-6-18(23-16)12-20-8-7-19(24-20)11-17-4-3-15(22-17)9-13(1)21-14;/h1-12,21,24H;. The van der Waals surface area contributed by atoms with Gasteiger partial charge in [0.2, 0.25) is 0 Å². The summed E-state index contributed by atoms with van der Waals surface area (Å²) in [6.45, 7) is 0. The van der Waals surface area contributed by atoms with E-state index >= 15 is 0 Å². The second-order valence-electron chi connectivity index (χ2n) is 5.91. The molecule has 3 aromatic rings. The Hall–Kier alpha value is -2.87. The molecule has 0 atom stereocenters. The van der Waals surface area contributed by atoms with E-state index in [1.165, 1.54) is 0 Å². The van der Waals surface area contributed by atoms with Crippen LogP contribution < -0.4 is 0 Å². The lowest BCUT2D eigenvalue weighted by atomic mass is 10.3. The number of aromatic nitrogens is 4. The first kappa shape index (κ1) is 15.6. The Morgan fingerprint density at radius 1 is 0.480 bits per heavy atom. The number of nitrogens with zero attached hydrogens (tertiary/aromatic N) is 2. The minimum Gasteiger partial charge on any atom is -0.355 e. The molecule has 5 heteroatoms. The van der Waals surface area contributed by atoms with Gasteiger partial charge in [-0.05, 0) is 72.8 Å². The van der Waals surface area contributed by atoms with Crippen LogP contribution in [0.2, 0.25) is 0 Å². The van der Waals surface area contributed by atoms with Crippen LogP contribution >= 0.6 is 0 Å². The monoisotopic (exact) mass is 337 g/mol. The van der Waals surface area contributed by atoms with Crippen LogP contribution in [0, 0.1) is 0 Å². The molecule has 2 aliphatic heterocycles. The number of fused-ring (bicyclic) bond motifs is 8. The van der Waals surface area contributed by atoms with Gasteiger partial charge in [-0.15, -0.1) is 0 Å². The highest BCUT2D eigenvalue weighted by molar-refractivity contribution is 5.77. The fraction of sp³-hybridized carbons (Fsp3) is 0. The quantitative estimate of drug-likeness (QED) is 0.415.